The maximum absolute atomic E-state index is 13.7. The first-order chi connectivity index (χ1) is 9.42. The Labute approximate surface area is 127 Å². The van der Waals surface area contributed by atoms with Gasteiger partial charge in [-0.25, -0.2) is 17.5 Å². The van der Waals surface area contributed by atoms with E-state index in [1.54, 1.807) is 0 Å². The molecule has 10 heteroatoms. The molecular weight excluding hydrogens is 325 g/mol. The minimum absolute atomic E-state index is 0. The van der Waals surface area contributed by atoms with Crippen molar-refractivity contribution in [2.24, 2.45) is 0 Å². The molecule has 1 atom stereocenters. The third-order valence-electron chi connectivity index (χ3n) is 3.03. The summed E-state index contributed by atoms with van der Waals surface area (Å²) in [6.07, 6.45) is 1.39. The minimum Gasteiger partial charge on any atom is -0.315 e. The molecule has 1 aromatic rings. The van der Waals surface area contributed by atoms with Crippen LogP contribution in [0.15, 0.2) is 23.1 Å². The first-order valence-electron chi connectivity index (χ1n) is 6.08. The maximum atomic E-state index is 13.7. The summed E-state index contributed by atoms with van der Waals surface area (Å²) in [6, 6.07) is 2.57. The highest BCUT2D eigenvalue weighted by Gasteiger charge is 2.32. The largest absolute Gasteiger partial charge is 0.315 e. The van der Waals surface area contributed by atoms with Crippen LogP contribution in [0.25, 0.3) is 0 Å². The molecule has 0 bridgehead atoms. The van der Waals surface area contributed by atoms with Crippen LogP contribution in [-0.2, 0) is 10.0 Å². The lowest BCUT2D eigenvalue weighted by Crippen LogP contribution is -2.45. The lowest BCUT2D eigenvalue weighted by molar-refractivity contribution is -0.388. The Kier molecular flexibility index (Phi) is 6.02. The second-order valence-electron chi connectivity index (χ2n) is 4.51. The van der Waals surface area contributed by atoms with Crippen molar-refractivity contribution in [3.8, 4) is 0 Å². The van der Waals surface area contributed by atoms with Gasteiger partial charge >= 0.3 is 0 Å². The highest BCUT2D eigenvalue weighted by atomic mass is 35.5. The van der Waals surface area contributed by atoms with E-state index in [2.05, 4.69) is 10.0 Å². The molecule has 1 saturated heterocycles. The van der Waals surface area contributed by atoms with E-state index >= 15 is 0 Å². The van der Waals surface area contributed by atoms with Crippen molar-refractivity contribution in [3.05, 3.63) is 34.1 Å². The van der Waals surface area contributed by atoms with Gasteiger partial charge in [-0.3, -0.25) is 10.1 Å². The molecule has 1 aliphatic rings. The number of nitrogens with one attached hydrogen (secondary N) is 2. The fraction of sp³-hybridized carbons (Fsp3) is 0.455. The molecule has 0 amide bonds. The van der Waals surface area contributed by atoms with Gasteiger partial charge in [-0.05, 0) is 25.5 Å². The van der Waals surface area contributed by atoms with Crippen LogP contribution < -0.4 is 10.0 Å². The number of sulfonamides is 1. The fourth-order valence-corrected chi connectivity index (χ4v) is 3.64. The summed E-state index contributed by atoms with van der Waals surface area (Å²) in [5.74, 6) is -1.13. The summed E-state index contributed by atoms with van der Waals surface area (Å²) in [5.41, 5.74) is -0.763. The molecule has 0 aliphatic carbocycles. The van der Waals surface area contributed by atoms with Gasteiger partial charge in [0.2, 0.25) is 0 Å². The average Bonchev–Trinajstić information content (AvgIpc) is 2.38. The zero-order valence-corrected chi connectivity index (χ0v) is 12.5. The Bertz CT molecular complexity index is 620. The number of benzene rings is 1. The number of nitro benzene ring substituents is 1. The van der Waals surface area contributed by atoms with Gasteiger partial charge in [-0.2, -0.15) is 0 Å². The highest BCUT2D eigenvalue weighted by molar-refractivity contribution is 7.89. The van der Waals surface area contributed by atoms with Gasteiger partial charge in [-0.15, -0.1) is 12.4 Å². The predicted molar refractivity (Wildman–Crippen MR) is 76.5 cm³/mol. The van der Waals surface area contributed by atoms with Crippen LogP contribution in [0.1, 0.15) is 12.8 Å². The number of hydrogen-bond acceptors (Lipinski definition) is 5. The monoisotopic (exact) mass is 339 g/mol. The van der Waals surface area contributed by atoms with Gasteiger partial charge in [0.15, 0.2) is 4.90 Å². The van der Waals surface area contributed by atoms with Crippen molar-refractivity contribution in [1.82, 2.24) is 10.0 Å². The van der Waals surface area contributed by atoms with Crippen LogP contribution in [-0.4, -0.2) is 32.5 Å². The Morgan fingerprint density at radius 1 is 1.43 bits per heavy atom. The highest BCUT2D eigenvalue weighted by Crippen LogP contribution is 2.26. The van der Waals surface area contributed by atoms with Crippen LogP contribution in [0.4, 0.5) is 10.1 Å². The van der Waals surface area contributed by atoms with Gasteiger partial charge in [0.05, 0.1) is 4.92 Å². The molecular formula is C11H15ClFN3O4S. The van der Waals surface area contributed by atoms with Gasteiger partial charge in [-0.1, -0.05) is 6.07 Å². The van der Waals surface area contributed by atoms with Crippen LogP contribution in [0.5, 0.6) is 0 Å². The summed E-state index contributed by atoms with van der Waals surface area (Å²) >= 11 is 0. The molecule has 1 fully saturated rings. The Balaban J connectivity index is 0.00000220. The Morgan fingerprint density at radius 2 is 2.14 bits per heavy atom. The average molecular weight is 340 g/mol. The fourth-order valence-electron chi connectivity index (χ4n) is 2.14. The molecule has 1 heterocycles. The summed E-state index contributed by atoms with van der Waals surface area (Å²) < 4.78 is 40.4. The van der Waals surface area contributed by atoms with Crippen molar-refractivity contribution in [3.63, 3.8) is 0 Å². The molecule has 0 spiro atoms. The molecule has 0 aromatic heterocycles. The van der Waals surface area contributed by atoms with Crippen molar-refractivity contribution in [2.75, 3.05) is 13.1 Å². The SMILES string of the molecule is Cl.O=[N+]([O-])c1cccc(F)c1S(=O)(=O)N[C@@H]1CCCNC1. The zero-order valence-electron chi connectivity index (χ0n) is 10.9. The standard InChI is InChI=1S/C11H14FN3O4S.ClH/c12-9-4-1-5-10(15(16)17)11(9)20(18,19)14-8-3-2-6-13-7-8;/h1,4-5,8,13-14H,2-3,6-7H2;1H/t8-;/m1./s1. The van der Waals surface area contributed by atoms with E-state index in [4.69, 9.17) is 0 Å². The number of hydrogen-bond donors (Lipinski definition) is 2. The number of nitrogens with zero attached hydrogens (tertiary/aromatic N) is 1. The smallest absolute Gasteiger partial charge is 0.292 e. The van der Waals surface area contributed by atoms with Gasteiger partial charge in [0.25, 0.3) is 15.7 Å². The summed E-state index contributed by atoms with van der Waals surface area (Å²) in [6.45, 7) is 1.21. The van der Waals surface area contributed by atoms with Crippen molar-refractivity contribution >= 4 is 28.1 Å². The van der Waals surface area contributed by atoms with Gasteiger partial charge in [0, 0.05) is 18.7 Å². The number of piperidine rings is 1. The van der Waals surface area contributed by atoms with E-state index in [0.29, 0.717) is 13.0 Å². The summed E-state index contributed by atoms with van der Waals surface area (Å²) in [7, 11) is -4.27. The van der Waals surface area contributed by atoms with E-state index in [-0.39, 0.29) is 12.4 Å². The Morgan fingerprint density at radius 3 is 2.71 bits per heavy atom. The summed E-state index contributed by atoms with van der Waals surface area (Å²) in [5, 5.41) is 13.9. The van der Waals surface area contributed by atoms with Gasteiger partial charge < -0.3 is 5.32 Å². The normalized spacial score (nSPS) is 18.8. The van der Waals surface area contributed by atoms with Crippen LogP contribution in [0.3, 0.4) is 0 Å². The molecule has 2 rings (SSSR count). The molecule has 1 aromatic carbocycles. The third-order valence-corrected chi connectivity index (χ3v) is 4.62. The van der Waals surface area contributed by atoms with E-state index in [1.807, 2.05) is 0 Å². The molecule has 1 aliphatic heterocycles. The number of nitro groups is 1. The third kappa shape index (κ3) is 4.10. The first kappa shape index (κ1) is 17.8. The molecule has 0 radical (unpaired) electrons. The van der Waals surface area contributed by atoms with Crippen molar-refractivity contribution in [2.45, 2.75) is 23.8 Å². The molecule has 2 N–H and O–H groups in total. The lowest BCUT2D eigenvalue weighted by atomic mass is 10.1. The molecule has 0 saturated carbocycles. The molecule has 7 nitrogen and oxygen atoms in total. The van der Waals surface area contributed by atoms with E-state index < -0.39 is 37.4 Å². The minimum atomic E-state index is -4.27. The second kappa shape index (κ2) is 7.12. The quantitative estimate of drug-likeness (QED) is 0.633. The maximum Gasteiger partial charge on any atom is 0.292 e. The Hall–Kier alpha value is -1.29. The second-order valence-corrected chi connectivity index (χ2v) is 6.16. The number of rotatable bonds is 4. The molecule has 118 valence electrons. The number of halogens is 2. The summed E-state index contributed by atoms with van der Waals surface area (Å²) in [4.78, 5) is 9.03. The lowest BCUT2D eigenvalue weighted by Gasteiger charge is -2.23. The van der Waals surface area contributed by atoms with E-state index in [1.165, 1.54) is 0 Å². The van der Waals surface area contributed by atoms with E-state index in [0.717, 1.165) is 31.2 Å². The topological polar surface area (TPSA) is 101 Å². The van der Waals surface area contributed by atoms with Crippen LogP contribution in [0, 0.1) is 15.9 Å². The van der Waals surface area contributed by atoms with Crippen molar-refractivity contribution in [1.29, 1.82) is 0 Å². The predicted octanol–water partition coefficient (Wildman–Crippen LogP) is 1.19. The van der Waals surface area contributed by atoms with Crippen molar-refractivity contribution < 1.29 is 17.7 Å². The first-order valence-corrected chi connectivity index (χ1v) is 7.56. The van der Waals surface area contributed by atoms with Crippen LogP contribution >= 0.6 is 12.4 Å². The van der Waals surface area contributed by atoms with Gasteiger partial charge in [0.1, 0.15) is 5.82 Å². The molecule has 21 heavy (non-hydrogen) atoms. The zero-order chi connectivity index (χ0) is 14.8. The van der Waals surface area contributed by atoms with Crippen LogP contribution in [0.2, 0.25) is 0 Å². The molecule has 0 unspecified atom stereocenters. The van der Waals surface area contributed by atoms with E-state index in [9.17, 15) is 22.9 Å².